The minimum Gasteiger partial charge on any atom is -0.394 e. The Bertz CT molecular complexity index is 2080. The van der Waals surface area contributed by atoms with E-state index in [1.165, 1.54) is 11.4 Å². The molecule has 5 N–H and O–H groups in total. The first kappa shape index (κ1) is 47.5. The number of aliphatic hydroxyl groups is 2. The Morgan fingerprint density at radius 1 is 0.672 bits per heavy atom. The Kier molecular flexibility index (Phi) is 18.4. The largest absolute Gasteiger partial charge is 0.394 e. The predicted octanol–water partition coefficient (Wildman–Crippen LogP) is 6.03. The molecule has 2 fully saturated rings. The van der Waals surface area contributed by atoms with Gasteiger partial charge >= 0.3 is 0 Å². The number of aryl methyl sites for hydroxylation is 2. The average molecular weight is 1030 g/mol. The summed E-state index contributed by atoms with van der Waals surface area (Å²) in [4.78, 5) is 26.1. The second-order valence-corrected chi connectivity index (χ2v) is 20.3. The van der Waals surface area contributed by atoms with Gasteiger partial charge in [-0.1, -0.05) is 58.5 Å². The van der Waals surface area contributed by atoms with E-state index in [0.29, 0.717) is 46.8 Å². The first-order valence-corrected chi connectivity index (χ1v) is 25.7. The van der Waals surface area contributed by atoms with Crippen LogP contribution in [0.3, 0.4) is 0 Å². The molecule has 0 spiro atoms. The second kappa shape index (κ2) is 23.6. The molecule has 0 radical (unpaired) electrons. The Morgan fingerprint density at radius 3 is 1.59 bits per heavy atom. The van der Waals surface area contributed by atoms with E-state index in [-0.39, 0.29) is 30.6 Å². The molecule has 14 nitrogen and oxygen atoms in total. The normalized spacial score (nSPS) is 19.2. The monoisotopic (exact) mass is 1020 g/mol. The second-order valence-electron chi connectivity index (χ2n) is 15.2. The lowest BCUT2D eigenvalue weighted by molar-refractivity contribution is 0.267. The number of rotatable bonds is 13. The van der Waals surface area contributed by atoms with Crippen LogP contribution in [0.4, 0.5) is 29.0 Å². The van der Waals surface area contributed by atoms with Crippen molar-refractivity contribution in [3.63, 3.8) is 0 Å². The van der Waals surface area contributed by atoms with Crippen LogP contribution in [0, 0.1) is 0 Å². The van der Waals surface area contributed by atoms with Crippen LogP contribution < -0.4 is 30.7 Å². The molecule has 4 atom stereocenters. The number of aromatic nitrogens is 4. The molecular weight excluding hydrogens is 968 g/mol. The SMILES string of the molecule is Brc1ccc(N2CCNCC2)cc1.CCC[C@H](CO)Nc1nc(Cl)nc2c1S(=O)CC2.CCC[C@H](CO)Nc1nc(N2CCN(c3ccc(Br)cc3)CC2)nc2c1S(=O)CC2. The van der Waals surface area contributed by atoms with Crippen molar-refractivity contribution in [2.45, 2.75) is 74.2 Å². The van der Waals surface area contributed by atoms with Crippen LogP contribution in [0.1, 0.15) is 50.9 Å². The summed E-state index contributed by atoms with van der Waals surface area (Å²) in [5, 5.41) is 29.0. The maximum atomic E-state index is 12.5. The third-order valence-corrected chi connectivity index (χ3v) is 14.9. The zero-order valence-corrected chi connectivity index (χ0v) is 40.4. The zero-order chi connectivity index (χ0) is 43.3. The fourth-order valence-electron chi connectivity index (χ4n) is 7.58. The van der Waals surface area contributed by atoms with E-state index in [9.17, 15) is 18.6 Å². The summed E-state index contributed by atoms with van der Waals surface area (Å²) in [6.07, 6.45) is 4.93. The molecule has 0 amide bonds. The van der Waals surface area contributed by atoms with Gasteiger partial charge in [0.25, 0.3) is 0 Å². The number of nitrogens with one attached hydrogen (secondary N) is 3. The van der Waals surface area contributed by atoms with Crippen LogP contribution in [0.5, 0.6) is 0 Å². The Labute approximate surface area is 386 Å². The van der Waals surface area contributed by atoms with Gasteiger partial charge in [-0.2, -0.15) is 9.97 Å². The standard InChI is InChI=1S/C21H28BrN5O2S.C11H16ClN3O2S.C10H13BrN2/c1-2-3-16(14-28)23-20-19-18(8-13-30(19)29)24-21(25-20)27-11-9-26(10-12-27)17-6-4-15(22)5-7-17;1-2-3-7(6-16)13-10-9-8(4-5-18(9)17)14-11(12)15-10;11-9-1-3-10(4-2-9)13-7-5-12-6-8-13/h4-7,16,28H,2-3,8-14H2,1H3,(H,23,24,25);7,16H,2-6H2,1H3,(H,13,14,15);1-4,12H,5-8H2/t16-,30?;7-,18?;/m11./s1. The first-order chi connectivity index (χ1) is 29.6. The molecule has 19 heteroatoms. The molecule has 0 aliphatic carbocycles. The minimum absolute atomic E-state index is 0.0108. The molecule has 2 saturated heterocycles. The highest BCUT2D eigenvalue weighted by molar-refractivity contribution is 9.10. The number of hydrogen-bond donors (Lipinski definition) is 5. The van der Waals surface area contributed by atoms with Crippen LogP contribution in [0.2, 0.25) is 5.28 Å². The van der Waals surface area contributed by atoms with Crippen LogP contribution in [0.15, 0.2) is 67.3 Å². The summed E-state index contributed by atoms with van der Waals surface area (Å²) in [6, 6.07) is 16.7. The molecule has 0 saturated carbocycles. The molecule has 6 heterocycles. The van der Waals surface area contributed by atoms with Crippen molar-refractivity contribution in [2.75, 3.05) is 102 Å². The highest BCUT2D eigenvalue weighted by Crippen LogP contribution is 2.32. The quantitative estimate of drug-likeness (QED) is 0.0985. The van der Waals surface area contributed by atoms with Crippen molar-refractivity contribution in [1.82, 2.24) is 25.3 Å². The highest BCUT2D eigenvalue weighted by atomic mass is 79.9. The van der Waals surface area contributed by atoms with Gasteiger partial charge in [-0.25, -0.2) is 9.97 Å². The van der Waals surface area contributed by atoms with Gasteiger partial charge in [0.1, 0.15) is 21.4 Å². The number of fused-ring (bicyclic) bond motifs is 2. The fraction of sp³-hybridized carbons (Fsp3) is 0.524. The van der Waals surface area contributed by atoms with E-state index < -0.39 is 21.6 Å². The van der Waals surface area contributed by atoms with Gasteiger partial charge in [0.05, 0.1) is 58.3 Å². The summed E-state index contributed by atoms with van der Waals surface area (Å²) < 4.78 is 26.7. The number of nitrogens with zero attached hydrogens (tertiary/aromatic N) is 7. The Hall–Kier alpha value is -2.97. The third-order valence-electron chi connectivity index (χ3n) is 10.8. The topological polar surface area (TPSA) is 172 Å². The molecule has 2 unspecified atom stereocenters. The lowest BCUT2D eigenvalue weighted by Gasteiger charge is -2.36. The fourth-order valence-corrected chi connectivity index (χ4v) is 10.9. The molecule has 61 heavy (non-hydrogen) atoms. The smallest absolute Gasteiger partial charge is 0.227 e. The number of aliphatic hydroxyl groups excluding tert-OH is 2. The number of piperazine rings is 2. The molecule has 2 aromatic heterocycles. The molecule has 4 aromatic rings. The number of halogens is 3. The molecule has 0 bridgehead atoms. The van der Waals surface area contributed by atoms with Gasteiger partial charge in [0.15, 0.2) is 0 Å². The van der Waals surface area contributed by atoms with E-state index in [1.807, 2.05) is 6.92 Å². The van der Waals surface area contributed by atoms with Gasteiger partial charge < -0.3 is 40.9 Å². The van der Waals surface area contributed by atoms with Gasteiger partial charge in [-0.3, -0.25) is 8.42 Å². The van der Waals surface area contributed by atoms with E-state index in [2.05, 4.69) is 128 Å². The summed E-state index contributed by atoms with van der Waals surface area (Å²) in [7, 11) is -2.14. The van der Waals surface area contributed by atoms with Gasteiger partial charge in [0.2, 0.25) is 11.2 Å². The van der Waals surface area contributed by atoms with Crippen molar-refractivity contribution in [3.8, 4) is 0 Å². The molecule has 4 aliphatic rings. The van der Waals surface area contributed by atoms with Gasteiger partial charge in [0, 0.05) is 97.0 Å². The van der Waals surface area contributed by atoms with Crippen LogP contribution in [-0.4, -0.2) is 128 Å². The van der Waals surface area contributed by atoms with Crippen molar-refractivity contribution in [3.05, 3.63) is 74.1 Å². The van der Waals surface area contributed by atoms with E-state index in [1.54, 1.807) is 0 Å². The first-order valence-electron chi connectivity index (χ1n) is 21.1. The minimum atomic E-state index is -1.08. The number of hydrogen-bond acceptors (Lipinski definition) is 14. The molecule has 4 aliphatic heterocycles. The molecule has 8 rings (SSSR count). The summed E-state index contributed by atoms with van der Waals surface area (Å²) in [5.41, 5.74) is 4.17. The van der Waals surface area contributed by atoms with Gasteiger partial charge in [-0.15, -0.1) is 0 Å². The highest BCUT2D eigenvalue weighted by Gasteiger charge is 2.30. The molecule has 332 valence electrons. The van der Waals surface area contributed by atoms with E-state index >= 15 is 0 Å². The van der Waals surface area contributed by atoms with Crippen LogP contribution >= 0.6 is 43.5 Å². The summed E-state index contributed by atoms with van der Waals surface area (Å²) >= 11 is 12.8. The number of anilines is 5. The van der Waals surface area contributed by atoms with Crippen LogP contribution in [0.25, 0.3) is 0 Å². The maximum absolute atomic E-state index is 12.5. The summed E-state index contributed by atoms with van der Waals surface area (Å²) in [5.74, 6) is 2.99. The molecule has 2 aromatic carbocycles. The predicted molar refractivity (Wildman–Crippen MR) is 256 cm³/mol. The third kappa shape index (κ3) is 13.1. The van der Waals surface area contributed by atoms with Crippen LogP contribution in [-0.2, 0) is 34.4 Å². The van der Waals surface area contributed by atoms with Gasteiger partial charge in [-0.05, 0) is 73.0 Å². The Balaban J connectivity index is 0.000000170. The lowest BCUT2D eigenvalue weighted by Crippen LogP contribution is -2.47. The maximum Gasteiger partial charge on any atom is 0.227 e. The van der Waals surface area contributed by atoms with E-state index in [4.69, 9.17) is 21.6 Å². The lowest BCUT2D eigenvalue weighted by atomic mass is 10.2. The summed E-state index contributed by atoms with van der Waals surface area (Å²) in [6.45, 7) is 12.0. The Morgan fingerprint density at radius 2 is 1.11 bits per heavy atom. The average Bonchev–Trinajstić information content (AvgIpc) is 3.85. The molecular formula is C42H57Br2ClN10O4S2. The van der Waals surface area contributed by atoms with Crippen molar-refractivity contribution in [1.29, 1.82) is 0 Å². The zero-order valence-electron chi connectivity index (χ0n) is 34.8. The van der Waals surface area contributed by atoms with Crippen molar-refractivity contribution >= 4 is 94.0 Å². The number of benzene rings is 2. The van der Waals surface area contributed by atoms with E-state index in [0.717, 1.165) is 103 Å². The van der Waals surface area contributed by atoms with Crippen molar-refractivity contribution < 1.29 is 18.6 Å². The van der Waals surface area contributed by atoms with Crippen molar-refractivity contribution in [2.24, 2.45) is 0 Å².